The summed E-state index contributed by atoms with van der Waals surface area (Å²) in [6.07, 6.45) is 0. The Morgan fingerprint density at radius 3 is 2.64 bits per heavy atom. The predicted octanol–water partition coefficient (Wildman–Crippen LogP) is 0.931. The van der Waals surface area contributed by atoms with E-state index in [1.807, 2.05) is 0 Å². The third-order valence-electron chi connectivity index (χ3n) is 1.65. The molecule has 0 aliphatic carbocycles. The van der Waals surface area contributed by atoms with Crippen LogP contribution in [0.2, 0.25) is 5.02 Å². The van der Waals surface area contributed by atoms with E-state index in [9.17, 15) is 10.2 Å². The molecule has 0 atom stereocenters. The van der Waals surface area contributed by atoms with Crippen molar-refractivity contribution in [3.8, 4) is 22.9 Å². The first-order chi connectivity index (χ1) is 6.68. The molecule has 0 saturated carbocycles. The number of nitrogens with one attached hydrogen (secondary N) is 1. The van der Waals surface area contributed by atoms with E-state index >= 15 is 0 Å². The normalized spacial score (nSPS) is 10.4. The maximum atomic E-state index is 9.26. The first kappa shape index (κ1) is 8.76. The number of hydrogen-bond donors (Lipinski definition) is 3. The molecule has 0 fully saturated rings. The first-order valence-corrected chi connectivity index (χ1v) is 4.01. The third kappa shape index (κ3) is 1.35. The van der Waals surface area contributed by atoms with Crippen LogP contribution in [0.4, 0.5) is 0 Å². The molecule has 0 radical (unpaired) electrons. The van der Waals surface area contributed by atoms with Crippen LogP contribution in [0.15, 0.2) is 12.1 Å². The highest BCUT2D eigenvalue weighted by atomic mass is 35.5. The molecule has 6 nitrogen and oxygen atoms in total. The molecule has 2 aromatic rings. The van der Waals surface area contributed by atoms with Crippen molar-refractivity contribution in [1.29, 1.82) is 0 Å². The van der Waals surface area contributed by atoms with Crippen molar-refractivity contribution in [2.45, 2.75) is 0 Å². The van der Waals surface area contributed by atoms with Crippen molar-refractivity contribution in [2.24, 2.45) is 0 Å². The summed E-state index contributed by atoms with van der Waals surface area (Å²) in [5, 5.41) is 31.5. The first-order valence-electron chi connectivity index (χ1n) is 3.64. The minimum atomic E-state index is -0.362. The molecule has 3 N–H and O–H groups in total. The highest BCUT2D eigenvalue weighted by Crippen LogP contribution is 2.36. The largest absolute Gasteiger partial charge is 0.504 e. The smallest absolute Gasteiger partial charge is 0.204 e. The molecule has 0 aliphatic rings. The molecule has 0 unspecified atom stereocenters. The Labute approximate surface area is 83.2 Å². The second kappa shape index (κ2) is 3.15. The van der Waals surface area contributed by atoms with Crippen LogP contribution in [0, 0.1) is 0 Å². The Morgan fingerprint density at radius 2 is 2.07 bits per heavy atom. The predicted molar refractivity (Wildman–Crippen MR) is 48.0 cm³/mol. The van der Waals surface area contributed by atoms with E-state index in [-0.39, 0.29) is 16.5 Å². The number of phenolic OH excluding ortho intramolecular Hbond substituents is 2. The van der Waals surface area contributed by atoms with Gasteiger partial charge in [-0.1, -0.05) is 11.6 Å². The van der Waals surface area contributed by atoms with Crippen molar-refractivity contribution < 1.29 is 10.2 Å². The fraction of sp³-hybridized carbons (Fsp3) is 0. The number of aromatic hydroxyl groups is 2. The fourth-order valence-corrected chi connectivity index (χ4v) is 1.21. The molecule has 72 valence electrons. The van der Waals surface area contributed by atoms with Crippen LogP contribution < -0.4 is 0 Å². The average Bonchev–Trinajstić information content (AvgIpc) is 2.66. The minimum Gasteiger partial charge on any atom is -0.504 e. The quantitative estimate of drug-likeness (QED) is 0.612. The van der Waals surface area contributed by atoms with E-state index < -0.39 is 0 Å². The summed E-state index contributed by atoms with van der Waals surface area (Å²) in [6, 6.07) is 2.73. The maximum Gasteiger partial charge on any atom is 0.204 e. The Bertz CT molecular complexity index is 434. The molecule has 0 saturated heterocycles. The van der Waals surface area contributed by atoms with Gasteiger partial charge in [0, 0.05) is 5.56 Å². The summed E-state index contributed by atoms with van der Waals surface area (Å²) in [5.41, 5.74) is 0.471. The second-order valence-electron chi connectivity index (χ2n) is 2.56. The summed E-state index contributed by atoms with van der Waals surface area (Å²) in [4.78, 5) is 0. The van der Waals surface area contributed by atoms with Gasteiger partial charge in [0.15, 0.2) is 11.5 Å². The summed E-state index contributed by atoms with van der Waals surface area (Å²) in [7, 11) is 0. The van der Waals surface area contributed by atoms with E-state index in [1.54, 1.807) is 0 Å². The Morgan fingerprint density at radius 1 is 1.29 bits per heavy atom. The summed E-state index contributed by atoms with van der Waals surface area (Å²) in [5.74, 6) is -0.390. The lowest BCUT2D eigenvalue weighted by Crippen LogP contribution is -1.82. The van der Waals surface area contributed by atoms with Gasteiger partial charge in [-0.3, -0.25) is 0 Å². The number of aromatic nitrogens is 4. The van der Waals surface area contributed by atoms with Crippen LogP contribution >= 0.6 is 11.6 Å². The molecule has 0 amide bonds. The lowest BCUT2D eigenvalue weighted by molar-refractivity contribution is 0.404. The zero-order chi connectivity index (χ0) is 10.1. The Hall–Kier alpha value is -1.82. The number of phenols is 2. The zero-order valence-corrected chi connectivity index (χ0v) is 7.52. The topological polar surface area (TPSA) is 94.9 Å². The Kier molecular flexibility index (Phi) is 1.97. The minimum absolute atomic E-state index is 0.0322. The van der Waals surface area contributed by atoms with Gasteiger partial charge in [-0.2, -0.15) is 5.21 Å². The molecule has 1 heterocycles. The molecule has 1 aromatic heterocycles. The van der Waals surface area contributed by atoms with E-state index in [2.05, 4.69) is 20.6 Å². The van der Waals surface area contributed by atoms with Crippen molar-refractivity contribution in [1.82, 2.24) is 20.6 Å². The van der Waals surface area contributed by atoms with Gasteiger partial charge in [-0.15, -0.1) is 10.2 Å². The number of aromatic amines is 1. The summed E-state index contributed by atoms with van der Waals surface area (Å²) >= 11 is 5.64. The molecule has 0 spiro atoms. The number of H-pyrrole nitrogens is 1. The highest BCUT2D eigenvalue weighted by molar-refractivity contribution is 6.32. The van der Waals surface area contributed by atoms with Gasteiger partial charge in [0.2, 0.25) is 5.82 Å². The van der Waals surface area contributed by atoms with Gasteiger partial charge in [-0.25, -0.2) is 0 Å². The molecule has 7 heteroatoms. The van der Waals surface area contributed by atoms with Gasteiger partial charge in [0.25, 0.3) is 0 Å². The van der Waals surface area contributed by atoms with Crippen molar-refractivity contribution in [2.75, 3.05) is 0 Å². The standard InChI is InChI=1S/C7H5ClN4O2/c8-4-1-3(2-5(13)6(4)14)7-9-11-12-10-7/h1-2,13-14H,(H,9,10,11,12). The average molecular weight is 213 g/mol. The van der Waals surface area contributed by atoms with Crippen molar-refractivity contribution >= 4 is 11.6 Å². The van der Waals surface area contributed by atoms with Gasteiger partial charge < -0.3 is 10.2 Å². The van der Waals surface area contributed by atoms with Crippen LogP contribution in [0.1, 0.15) is 0 Å². The lowest BCUT2D eigenvalue weighted by atomic mass is 10.2. The lowest BCUT2D eigenvalue weighted by Gasteiger charge is -2.01. The van der Waals surface area contributed by atoms with Crippen LogP contribution in [-0.2, 0) is 0 Å². The number of halogens is 1. The summed E-state index contributed by atoms with van der Waals surface area (Å²) < 4.78 is 0. The second-order valence-corrected chi connectivity index (χ2v) is 2.97. The van der Waals surface area contributed by atoms with Crippen LogP contribution in [-0.4, -0.2) is 30.8 Å². The number of benzene rings is 1. The SMILES string of the molecule is Oc1cc(-c2nn[nH]n2)cc(Cl)c1O. The van der Waals surface area contributed by atoms with Gasteiger partial charge in [0.05, 0.1) is 5.02 Å². The van der Waals surface area contributed by atoms with Crippen LogP contribution in [0.3, 0.4) is 0 Å². The fourth-order valence-electron chi connectivity index (χ4n) is 0.998. The van der Waals surface area contributed by atoms with Crippen molar-refractivity contribution in [3.63, 3.8) is 0 Å². The number of rotatable bonds is 1. The monoisotopic (exact) mass is 212 g/mol. The molecule has 14 heavy (non-hydrogen) atoms. The zero-order valence-electron chi connectivity index (χ0n) is 6.77. The van der Waals surface area contributed by atoms with Gasteiger partial charge in [-0.05, 0) is 17.3 Å². The van der Waals surface area contributed by atoms with E-state index in [0.717, 1.165) is 0 Å². The molecule has 0 aliphatic heterocycles. The van der Waals surface area contributed by atoms with Crippen LogP contribution in [0.5, 0.6) is 11.5 Å². The van der Waals surface area contributed by atoms with Crippen molar-refractivity contribution in [3.05, 3.63) is 17.2 Å². The molecular formula is C7H5ClN4O2. The molecule has 2 rings (SSSR count). The van der Waals surface area contributed by atoms with Gasteiger partial charge in [0.1, 0.15) is 0 Å². The Balaban J connectivity index is 2.57. The maximum absolute atomic E-state index is 9.26. The number of hydrogen-bond acceptors (Lipinski definition) is 5. The highest BCUT2D eigenvalue weighted by Gasteiger charge is 2.10. The number of nitrogens with zero attached hydrogens (tertiary/aromatic N) is 3. The van der Waals surface area contributed by atoms with Crippen LogP contribution in [0.25, 0.3) is 11.4 Å². The molecule has 1 aromatic carbocycles. The molecular weight excluding hydrogens is 208 g/mol. The van der Waals surface area contributed by atoms with E-state index in [4.69, 9.17) is 11.6 Å². The van der Waals surface area contributed by atoms with E-state index in [1.165, 1.54) is 12.1 Å². The molecule has 0 bridgehead atoms. The number of tetrazole rings is 1. The summed E-state index contributed by atoms with van der Waals surface area (Å²) in [6.45, 7) is 0. The van der Waals surface area contributed by atoms with E-state index in [0.29, 0.717) is 11.4 Å². The van der Waals surface area contributed by atoms with Gasteiger partial charge >= 0.3 is 0 Å². The third-order valence-corrected chi connectivity index (χ3v) is 1.93.